The molecule has 0 aromatic heterocycles. The number of aliphatic hydroxyl groups is 1. The minimum Gasteiger partial charge on any atom is -0.391 e. The molecule has 0 aliphatic carbocycles. The average molecular weight is 273 g/mol. The van der Waals surface area contributed by atoms with E-state index in [9.17, 15) is 15.2 Å². The highest BCUT2D eigenvalue weighted by Gasteiger charge is 2.24. The van der Waals surface area contributed by atoms with Crippen molar-refractivity contribution in [2.75, 3.05) is 0 Å². The lowest BCUT2D eigenvalue weighted by molar-refractivity contribution is -0.384. The number of nitrogens with zero attached hydrogens (tertiary/aromatic N) is 1. The maximum atomic E-state index is 10.8. The van der Waals surface area contributed by atoms with Crippen molar-refractivity contribution in [3.8, 4) is 0 Å². The van der Waals surface area contributed by atoms with Crippen molar-refractivity contribution in [3.63, 3.8) is 0 Å². The standard InChI is InChI=1S/C12H17ClN2O3/c1-3-7(2)12(16)11(14)8-4-5-9(13)10(6-8)15(17)18/h4-7,11-12,16H,3,14H2,1-2H3/t7?,11-,12+/m1/s1. The summed E-state index contributed by atoms with van der Waals surface area (Å²) in [5, 5.41) is 20.8. The van der Waals surface area contributed by atoms with Gasteiger partial charge in [-0.3, -0.25) is 10.1 Å². The molecular weight excluding hydrogens is 256 g/mol. The summed E-state index contributed by atoms with van der Waals surface area (Å²) in [6, 6.07) is 3.69. The minimum atomic E-state index is -0.740. The number of hydrogen-bond acceptors (Lipinski definition) is 4. The van der Waals surface area contributed by atoms with E-state index in [2.05, 4.69) is 0 Å². The van der Waals surface area contributed by atoms with E-state index in [0.717, 1.165) is 6.42 Å². The van der Waals surface area contributed by atoms with Crippen LogP contribution < -0.4 is 5.73 Å². The summed E-state index contributed by atoms with van der Waals surface area (Å²) in [7, 11) is 0. The molecule has 1 rings (SSSR count). The van der Waals surface area contributed by atoms with Gasteiger partial charge in [-0.25, -0.2) is 0 Å². The number of aliphatic hydroxyl groups excluding tert-OH is 1. The van der Waals surface area contributed by atoms with Crippen LogP contribution in [0, 0.1) is 16.0 Å². The van der Waals surface area contributed by atoms with Gasteiger partial charge in [0.05, 0.1) is 17.1 Å². The van der Waals surface area contributed by atoms with Crippen LogP contribution in [0.25, 0.3) is 0 Å². The summed E-state index contributed by atoms with van der Waals surface area (Å²) < 4.78 is 0. The fourth-order valence-electron chi connectivity index (χ4n) is 1.67. The lowest BCUT2D eigenvalue weighted by Crippen LogP contribution is -2.31. The number of halogens is 1. The molecule has 3 atom stereocenters. The van der Waals surface area contributed by atoms with Gasteiger partial charge in [-0.2, -0.15) is 0 Å². The monoisotopic (exact) mass is 272 g/mol. The molecule has 0 saturated carbocycles. The SMILES string of the molecule is CCC(C)[C@H](O)[C@H](N)c1ccc(Cl)c([N+](=O)[O-])c1. The second-order valence-electron chi connectivity index (χ2n) is 4.37. The number of nitro benzene ring substituents is 1. The lowest BCUT2D eigenvalue weighted by atomic mass is 9.91. The molecule has 3 N–H and O–H groups in total. The van der Waals surface area contributed by atoms with Crippen LogP contribution in [0.1, 0.15) is 31.9 Å². The molecule has 0 aliphatic heterocycles. The van der Waals surface area contributed by atoms with Gasteiger partial charge in [0, 0.05) is 6.07 Å². The van der Waals surface area contributed by atoms with Crippen LogP contribution >= 0.6 is 11.6 Å². The van der Waals surface area contributed by atoms with Gasteiger partial charge in [0.2, 0.25) is 0 Å². The fraction of sp³-hybridized carbons (Fsp3) is 0.500. The molecule has 18 heavy (non-hydrogen) atoms. The third-order valence-corrected chi connectivity index (χ3v) is 3.47. The Balaban J connectivity index is 3.03. The fourth-order valence-corrected chi connectivity index (χ4v) is 1.86. The van der Waals surface area contributed by atoms with E-state index in [1.54, 1.807) is 6.07 Å². The van der Waals surface area contributed by atoms with E-state index in [1.807, 2.05) is 13.8 Å². The lowest BCUT2D eigenvalue weighted by Gasteiger charge is -2.24. The molecule has 0 heterocycles. The maximum Gasteiger partial charge on any atom is 0.288 e. The van der Waals surface area contributed by atoms with Crippen LogP contribution in [0.4, 0.5) is 5.69 Å². The summed E-state index contributed by atoms with van der Waals surface area (Å²) in [5.74, 6) is 0.0229. The van der Waals surface area contributed by atoms with Gasteiger partial charge in [-0.15, -0.1) is 0 Å². The van der Waals surface area contributed by atoms with Crippen molar-refractivity contribution in [1.29, 1.82) is 0 Å². The molecule has 0 saturated heterocycles. The second kappa shape index (κ2) is 6.13. The van der Waals surface area contributed by atoms with Crippen molar-refractivity contribution >= 4 is 17.3 Å². The van der Waals surface area contributed by atoms with Gasteiger partial charge in [-0.1, -0.05) is 37.9 Å². The molecule has 0 bridgehead atoms. The smallest absolute Gasteiger partial charge is 0.288 e. The van der Waals surface area contributed by atoms with Gasteiger partial charge in [0.15, 0.2) is 0 Å². The molecule has 0 fully saturated rings. The Hall–Kier alpha value is -1.17. The normalized spacial score (nSPS) is 16.1. The summed E-state index contributed by atoms with van der Waals surface area (Å²) in [4.78, 5) is 10.2. The van der Waals surface area contributed by atoms with Crippen LogP contribution in [0.15, 0.2) is 18.2 Å². The first kappa shape index (κ1) is 14.9. The zero-order valence-corrected chi connectivity index (χ0v) is 11.1. The molecule has 0 amide bonds. The second-order valence-corrected chi connectivity index (χ2v) is 4.78. The van der Waals surface area contributed by atoms with E-state index in [0.29, 0.717) is 5.56 Å². The molecule has 100 valence electrons. The largest absolute Gasteiger partial charge is 0.391 e. The maximum absolute atomic E-state index is 10.8. The molecule has 0 aliphatic rings. The van der Waals surface area contributed by atoms with E-state index in [1.165, 1.54) is 12.1 Å². The van der Waals surface area contributed by atoms with Crippen molar-refractivity contribution in [3.05, 3.63) is 38.9 Å². The molecule has 6 heteroatoms. The van der Waals surface area contributed by atoms with Crippen LogP contribution in [0.5, 0.6) is 0 Å². The van der Waals surface area contributed by atoms with Crippen molar-refractivity contribution in [2.45, 2.75) is 32.4 Å². The number of nitro groups is 1. The Kier molecular flexibility index (Phi) is 5.07. The molecule has 1 aromatic carbocycles. The molecule has 0 radical (unpaired) electrons. The van der Waals surface area contributed by atoms with Gasteiger partial charge >= 0.3 is 0 Å². The van der Waals surface area contributed by atoms with E-state index in [4.69, 9.17) is 17.3 Å². The molecular formula is C12H17ClN2O3. The predicted octanol–water partition coefficient (Wildman–Crippen LogP) is 2.66. The number of rotatable bonds is 5. The zero-order chi connectivity index (χ0) is 13.9. The van der Waals surface area contributed by atoms with Gasteiger partial charge in [0.1, 0.15) is 5.02 Å². The highest BCUT2D eigenvalue weighted by atomic mass is 35.5. The van der Waals surface area contributed by atoms with Crippen LogP contribution in [-0.4, -0.2) is 16.1 Å². The molecule has 0 spiro atoms. The number of hydrogen-bond donors (Lipinski definition) is 2. The zero-order valence-electron chi connectivity index (χ0n) is 10.3. The highest BCUT2D eigenvalue weighted by Crippen LogP contribution is 2.29. The first-order chi connectivity index (χ1) is 8.38. The highest BCUT2D eigenvalue weighted by molar-refractivity contribution is 6.32. The third-order valence-electron chi connectivity index (χ3n) is 3.15. The van der Waals surface area contributed by atoms with Crippen LogP contribution in [0.3, 0.4) is 0 Å². The number of benzene rings is 1. The van der Waals surface area contributed by atoms with Gasteiger partial charge < -0.3 is 10.8 Å². The van der Waals surface area contributed by atoms with Gasteiger partial charge in [-0.05, 0) is 17.5 Å². The summed E-state index contributed by atoms with van der Waals surface area (Å²) in [6.45, 7) is 3.83. The first-order valence-electron chi connectivity index (χ1n) is 5.76. The Labute approximate surface area is 111 Å². The van der Waals surface area contributed by atoms with Gasteiger partial charge in [0.25, 0.3) is 5.69 Å². The topological polar surface area (TPSA) is 89.4 Å². The summed E-state index contributed by atoms with van der Waals surface area (Å²) >= 11 is 5.72. The quantitative estimate of drug-likeness (QED) is 0.637. The third kappa shape index (κ3) is 3.19. The molecule has 5 nitrogen and oxygen atoms in total. The van der Waals surface area contributed by atoms with E-state index >= 15 is 0 Å². The minimum absolute atomic E-state index is 0.0229. The Morgan fingerprint density at radius 3 is 2.67 bits per heavy atom. The van der Waals surface area contributed by atoms with Crippen molar-refractivity contribution in [1.82, 2.24) is 0 Å². The Morgan fingerprint density at radius 2 is 2.17 bits per heavy atom. The number of nitrogens with two attached hydrogens (primary N) is 1. The van der Waals surface area contributed by atoms with Crippen molar-refractivity contribution in [2.24, 2.45) is 11.7 Å². The van der Waals surface area contributed by atoms with Crippen LogP contribution in [0.2, 0.25) is 5.02 Å². The average Bonchev–Trinajstić information content (AvgIpc) is 2.36. The molecule has 1 aromatic rings. The Morgan fingerprint density at radius 1 is 1.56 bits per heavy atom. The predicted molar refractivity (Wildman–Crippen MR) is 70.5 cm³/mol. The van der Waals surface area contributed by atoms with Crippen molar-refractivity contribution < 1.29 is 10.0 Å². The molecule has 1 unspecified atom stereocenters. The van der Waals surface area contributed by atoms with E-state index < -0.39 is 17.1 Å². The Bertz CT molecular complexity index is 439. The van der Waals surface area contributed by atoms with Crippen LogP contribution in [-0.2, 0) is 0 Å². The summed E-state index contributed by atoms with van der Waals surface area (Å²) in [6.07, 6.45) is 0.0423. The van der Waals surface area contributed by atoms with E-state index in [-0.39, 0.29) is 16.6 Å². The summed E-state index contributed by atoms with van der Waals surface area (Å²) in [5.41, 5.74) is 6.24. The first-order valence-corrected chi connectivity index (χ1v) is 6.13.